The molecule has 2 heterocycles. The molecular formula is C22H29IN6O. The highest BCUT2D eigenvalue weighted by molar-refractivity contribution is 14.0. The zero-order chi connectivity index (χ0) is 20.6. The lowest BCUT2D eigenvalue weighted by molar-refractivity contribution is 0.322. The number of guanidine groups is 1. The predicted octanol–water partition coefficient (Wildman–Crippen LogP) is 3.77. The number of pyridine rings is 1. The van der Waals surface area contributed by atoms with E-state index in [1.165, 1.54) is 0 Å². The van der Waals surface area contributed by atoms with Gasteiger partial charge in [0.05, 0.1) is 18.0 Å². The molecule has 0 aliphatic heterocycles. The molecule has 8 heteroatoms. The summed E-state index contributed by atoms with van der Waals surface area (Å²) in [5.74, 6) is 1.35. The summed E-state index contributed by atoms with van der Waals surface area (Å²) in [6.45, 7) is 7.80. The molecule has 0 fully saturated rings. The maximum Gasteiger partial charge on any atom is 0.218 e. The fourth-order valence-electron chi connectivity index (χ4n) is 3.14. The van der Waals surface area contributed by atoms with E-state index in [1.54, 1.807) is 13.2 Å². The third kappa shape index (κ3) is 5.94. The standard InChI is InChI=1S/C22H28N6O.HI/c1-5-29-21-19(10-8-12-24-21)15-26-22(23-4)25-14-18-9-6-7-11-20(18)28-17(3)13-16(2)27-28;/h6-13H,5,14-15H2,1-4H3,(H2,23,25,26);1H. The van der Waals surface area contributed by atoms with Crippen LogP contribution >= 0.6 is 24.0 Å². The lowest BCUT2D eigenvalue weighted by Crippen LogP contribution is -2.36. The van der Waals surface area contributed by atoms with Crippen molar-refractivity contribution in [2.24, 2.45) is 4.99 Å². The molecule has 0 radical (unpaired) electrons. The van der Waals surface area contributed by atoms with Crippen LogP contribution in [0.5, 0.6) is 5.88 Å². The fraction of sp³-hybridized carbons (Fsp3) is 0.318. The Labute approximate surface area is 195 Å². The number of ether oxygens (including phenoxy) is 1. The van der Waals surface area contributed by atoms with Gasteiger partial charge in [0.1, 0.15) is 0 Å². The number of aliphatic imine (C=N–C) groups is 1. The van der Waals surface area contributed by atoms with Gasteiger partial charge in [-0.05, 0) is 44.5 Å². The number of nitrogens with one attached hydrogen (secondary N) is 2. The van der Waals surface area contributed by atoms with Gasteiger partial charge >= 0.3 is 0 Å². The number of benzene rings is 1. The summed E-state index contributed by atoms with van der Waals surface area (Å²) >= 11 is 0. The Kier molecular flexibility index (Phi) is 9.10. The first-order valence-electron chi connectivity index (χ1n) is 9.75. The van der Waals surface area contributed by atoms with Gasteiger partial charge in [-0.1, -0.05) is 24.3 Å². The van der Waals surface area contributed by atoms with E-state index >= 15 is 0 Å². The number of para-hydroxylation sites is 1. The van der Waals surface area contributed by atoms with Crippen LogP contribution in [0.15, 0.2) is 53.7 Å². The molecule has 2 aromatic heterocycles. The van der Waals surface area contributed by atoms with Crippen molar-refractivity contribution >= 4 is 29.9 Å². The van der Waals surface area contributed by atoms with Gasteiger partial charge in [-0.15, -0.1) is 24.0 Å². The Bertz CT molecular complexity index is 985. The first kappa shape index (κ1) is 23.7. The molecule has 30 heavy (non-hydrogen) atoms. The number of nitrogens with zero attached hydrogens (tertiary/aromatic N) is 4. The number of aryl methyl sites for hydroxylation is 2. The van der Waals surface area contributed by atoms with Gasteiger partial charge in [0.2, 0.25) is 5.88 Å². The van der Waals surface area contributed by atoms with Gasteiger partial charge in [-0.2, -0.15) is 5.10 Å². The molecular weight excluding hydrogens is 491 g/mol. The van der Waals surface area contributed by atoms with Crippen LogP contribution in [0.1, 0.15) is 29.4 Å². The van der Waals surface area contributed by atoms with Crippen molar-refractivity contribution < 1.29 is 4.74 Å². The summed E-state index contributed by atoms with van der Waals surface area (Å²) in [6, 6.07) is 14.2. The van der Waals surface area contributed by atoms with Crippen LogP contribution in [-0.4, -0.2) is 34.4 Å². The molecule has 3 aromatic rings. The van der Waals surface area contributed by atoms with Gasteiger partial charge < -0.3 is 15.4 Å². The highest BCUT2D eigenvalue weighted by Crippen LogP contribution is 2.17. The summed E-state index contributed by atoms with van der Waals surface area (Å²) in [5, 5.41) is 11.3. The van der Waals surface area contributed by atoms with Crippen molar-refractivity contribution in [3.05, 3.63) is 71.2 Å². The van der Waals surface area contributed by atoms with E-state index in [4.69, 9.17) is 4.74 Å². The second-order valence-corrected chi connectivity index (χ2v) is 6.65. The van der Waals surface area contributed by atoms with Crippen LogP contribution in [0, 0.1) is 13.8 Å². The number of aromatic nitrogens is 3. The number of halogens is 1. The number of hydrogen-bond donors (Lipinski definition) is 2. The second kappa shape index (κ2) is 11.5. The molecule has 7 nitrogen and oxygen atoms in total. The van der Waals surface area contributed by atoms with Crippen LogP contribution in [0.2, 0.25) is 0 Å². The molecule has 0 bridgehead atoms. The maximum atomic E-state index is 5.59. The van der Waals surface area contributed by atoms with Crippen LogP contribution in [0.4, 0.5) is 0 Å². The van der Waals surface area contributed by atoms with Crippen molar-refractivity contribution in [3.8, 4) is 11.6 Å². The normalized spacial score (nSPS) is 11.0. The molecule has 2 N–H and O–H groups in total. The van der Waals surface area contributed by atoms with E-state index in [9.17, 15) is 0 Å². The van der Waals surface area contributed by atoms with E-state index in [2.05, 4.69) is 50.8 Å². The molecule has 0 unspecified atom stereocenters. The summed E-state index contributed by atoms with van der Waals surface area (Å²) in [5.41, 5.74) is 5.30. The Hall–Kier alpha value is -2.62. The van der Waals surface area contributed by atoms with E-state index in [-0.39, 0.29) is 24.0 Å². The van der Waals surface area contributed by atoms with Crippen LogP contribution in [-0.2, 0) is 13.1 Å². The Morgan fingerprint density at radius 3 is 2.43 bits per heavy atom. The maximum absolute atomic E-state index is 5.59. The molecule has 3 rings (SSSR count). The largest absolute Gasteiger partial charge is 0.478 e. The molecule has 0 aliphatic carbocycles. The minimum atomic E-state index is 0. The Morgan fingerprint density at radius 2 is 1.77 bits per heavy atom. The molecule has 0 saturated carbocycles. The fourth-order valence-corrected chi connectivity index (χ4v) is 3.14. The zero-order valence-electron chi connectivity index (χ0n) is 17.8. The summed E-state index contributed by atoms with van der Waals surface area (Å²) in [7, 11) is 1.76. The highest BCUT2D eigenvalue weighted by Gasteiger charge is 2.10. The van der Waals surface area contributed by atoms with Crippen molar-refractivity contribution in [1.82, 2.24) is 25.4 Å². The first-order valence-corrected chi connectivity index (χ1v) is 9.75. The average Bonchev–Trinajstić information content (AvgIpc) is 3.07. The van der Waals surface area contributed by atoms with Gasteiger partial charge in [0, 0.05) is 37.6 Å². The van der Waals surface area contributed by atoms with Crippen molar-refractivity contribution in [3.63, 3.8) is 0 Å². The third-order valence-electron chi connectivity index (χ3n) is 4.48. The van der Waals surface area contributed by atoms with Crippen LogP contribution in [0.25, 0.3) is 5.69 Å². The lowest BCUT2D eigenvalue weighted by atomic mass is 10.1. The smallest absolute Gasteiger partial charge is 0.218 e. The SMILES string of the molecule is CCOc1ncccc1CNC(=NC)NCc1ccccc1-n1nc(C)cc1C.I. The van der Waals surface area contributed by atoms with Gasteiger partial charge in [-0.3, -0.25) is 4.99 Å². The molecule has 0 spiro atoms. The van der Waals surface area contributed by atoms with Crippen molar-refractivity contribution in [2.45, 2.75) is 33.9 Å². The first-order chi connectivity index (χ1) is 14.1. The van der Waals surface area contributed by atoms with Gasteiger partial charge in [0.15, 0.2) is 5.96 Å². The Morgan fingerprint density at radius 1 is 1.07 bits per heavy atom. The molecule has 0 amide bonds. The average molecular weight is 520 g/mol. The number of rotatable bonds is 7. The predicted molar refractivity (Wildman–Crippen MR) is 131 cm³/mol. The van der Waals surface area contributed by atoms with Crippen LogP contribution in [0.3, 0.4) is 0 Å². The Balaban J connectivity index is 0.00000320. The third-order valence-corrected chi connectivity index (χ3v) is 4.48. The highest BCUT2D eigenvalue weighted by atomic mass is 127. The summed E-state index contributed by atoms with van der Waals surface area (Å²) in [6.07, 6.45) is 1.73. The van der Waals surface area contributed by atoms with Crippen LogP contribution < -0.4 is 15.4 Å². The van der Waals surface area contributed by atoms with Crippen molar-refractivity contribution in [2.75, 3.05) is 13.7 Å². The molecule has 0 atom stereocenters. The molecule has 1 aromatic carbocycles. The van der Waals surface area contributed by atoms with E-state index in [0.29, 0.717) is 31.5 Å². The summed E-state index contributed by atoms with van der Waals surface area (Å²) in [4.78, 5) is 8.62. The summed E-state index contributed by atoms with van der Waals surface area (Å²) < 4.78 is 7.57. The van der Waals surface area contributed by atoms with Gasteiger partial charge in [-0.25, -0.2) is 9.67 Å². The van der Waals surface area contributed by atoms with E-state index < -0.39 is 0 Å². The quantitative estimate of drug-likeness (QED) is 0.282. The minimum Gasteiger partial charge on any atom is -0.478 e. The number of hydrogen-bond acceptors (Lipinski definition) is 4. The van der Waals surface area contributed by atoms with E-state index in [0.717, 1.165) is 28.2 Å². The van der Waals surface area contributed by atoms with Gasteiger partial charge in [0.25, 0.3) is 0 Å². The molecule has 0 aliphatic rings. The zero-order valence-corrected chi connectivity index (χ0v) is 20.2. The minimum absolute atomic E-state index is 0. The van der Waals surface area contributed by atoms with Crippen molar-refractivity contribution in [1.29, 1.82) is 0 Å². The molecule has 160 valence electrons. The molecule has 0 saturated heterocycles. The van der Waals surface area contributed by atoms with E-state index in [1.807, 2.05) is 42.8 Å². The topological polar surface area (TPSA) is 76.4 Å². The lowest BCUT2D eigenvalue weighted by Gasteiger charge is -2.16. The second-order valence-electron chi connectivity index (χ2n) is 6.65. The monoisotopic (exact) mass is 520 g/mol.